The van der Waals surface area contributed by atoms with Crippen LogP contribution in [0.5, 0.6) is 0 Å². The Kier molecular flexibility index (Phi) is 7.58. The molecule has 1 aromatic carbocycles. The van der Waals surface area contributed by atoms with Crippen molar-refractivity contribution in [2.24, 2.45) is 0 Å². The number of nitrogens with one attached hydrogen (secondary N) is 1. The molecule has 0 aliphatic rings. The van der Waals surface area contributed by atoms with E-state index in [2.05, 4.69) is 5.32 Å². The first-order valence-electron chi connectivity index (χ1n) is 6.71. The van der Waals surface area contributed by atoms with Crippen molar-refractivity contribution in [2.45, 2.75) is 17.7 Å². The van der Waals surface area contributed by atoms with Gasteiger partial charge in [-0.25, -0.2) is 12.7 Å². The summed E-state index contributed by atoms with van der Waals surface area (Å²) < 4.78 is 26.0. The maximum Gasteiger partial charge on any atom is 0.242 e. The molecule has 1 aromatic rings. The van der Waals surface area contributed by atoms with E-state index in [-0.39, 0.29) is 0 Å². The summed E-state index contributed by atoms with van der Waals surface area (Å²) in [5, 5.41) is 3.10. The first kappa shape index (κ1) is 17.5. The van der Waals surface area contributed by atoms with Crippen LogP contribution in [0.3, 0.4) is 0 Å². The minimum absolute atomic E-state index is 0.374. The van der Waals surface area contributed by atoms with Gasteiger partial charge in [0.1, 0.15) is 0 Å². The zero-order chi connectivity index (χ0) is 15.0. The second-order valence-electron chi connectivity index (χ2n) is 4.67. The summed E-state index contributed by atoms with van der Waals surface area (Å²) in [7, 11) is 0.216. The van der Waals surface area contributed by atoms with E-state index in [1.165, 1.54) is 9.87 Å². The summed E-state index contributed by atoms with van der Waals surface area (Å²) in [5.74, 6) is 0.803. The Morgan fingerprint density at radius 2 is 1.90 bits per heavy atom. The van der Waals surface area contributed by atoms with Gasteiger partial charge in [-0.3, -0.25) is 0 Å². The minimum atomic E-state index is -3.35. The van der Waals surface area contributed by atoms with Crippen LogP contribution >= 0.6 is 11.8 Å². The lowest BCUT2D eigenvalue weighted by Crippen LogP contribution is -2.29. The normalized spacial score (nSPS) is 12.0. The van der Waals surface area contributed by atoms with Gasteiger partial charge >= 0.3 is 0 Å². The van der Waals surface area contributed by atoms with Crippen molar-refractivity contribution in [1.82, 2.24) is 9.62 Å². The number of rotatable bonds is 9. The fourth-order valence-electron chi connectivity index (χ4n) is 1.82. The molecule has 0 saturated carbocycles. The van der Waals surface area contributed by atoms with Crippen molar-refractivity contribution < 1.29 is 8.42 Å². The predicted molar refractivity (Wildman–Crippen MR) is 86.9 cm³/mol. The van der Waals surface area contributed by atoms with Crippen LogP contribution in [0.4, 0.5) is 0 Å². The second-order valence-corrected chi connectivity index (χ2v) is 7.70. The molecule has 0 fully saturated rings. The molecule has 0 heterocycles. The number of nitrogens with zero attached hydrogens (tertiary/aromatic N) is 1. The van der Waals surface area contributed by atoms with Gasteiger partial charge in [-0.2, -0.15) is 11.8 Å². The lowest BCUT2D eigenvalue weighted by atomic mass is 10.1. The third kappa shape index (κ3) is 5.09. The van der Waals surface area contributed by atoms with E-state index >= 15 is 0 Å². The Bertz CT molecular complexity index is 486. The molecule has 20 heavy (non-hydrogen) atoms. The molecule has 4 nitrogen and oxygen atoms in total. The smallest absolute Gasteiger partial charge is 0.242 e. The highest BCUT2D eigenvalue weighted by molar-refractivity contribution is 7.98. The average Bonchev–Trinajstić information content (AvgIpc) is 2.45. The van der Waals surface area contributed by atoms with Crippen molar-refractivity contribution in [1.29, 1.82) is 0 Å². The Morgan fingerprint density at radius 3 is 2.45 bits per heavy atom. The monoisotopic (exact) mass is 316 g/mol. The molecule has 0 radical (unpaired) electrons. The maximum atomic E-state index is 12.3. The van der Waals surface area contributed by atoms with E-state index in [4.69, 9.17) is 0 Å². The Hall–Kier alpha value is -0.560. The standard InChI is InChI=1S/C14H24N2O2S2/c1-15-10-4-5-13-6-8-14(9-7-13)20(17,18)16(2)11-12-19-3/h6-9,15H,4-5,10-12H2,1-3H3. The third-order valence-electron chi connectivity index (χ3n) is 3.13. The molecule has 1 rings (SSSR count). The highest BCUT2D eigenvalue weighted by atomic mass is 32.2. The van der Waals surface area contributed by atoms with Gasteiger partial charge in [0, 0.05) is 19.3 Å². The molecule has 0 aromatic heterocycles. The average molecular weight is 316 g/mol. The van der Waals surface area contributed by atoms with Crippen molar-refractivity contribution in [3.63, 3.8) is 0 Å². The van der Waals surface area contributed by atoms with Gasteiger partial charge in [-0.05, 0) is 50.4 Å². The van der Waals surface area contributed by atoms with Crippen LogP contribution in [-0.4, -0.2) is 51.9 Å². The number of hydrogen-bond acceptors (Lipinski definition) is 4. The van der Waals surface area contributed by atoms with Crippen LogP contribution in [0, 0.1) is 0 Å². The van der Waals surface area contributed by atoms with Gasteiger partial charge in [0.05, 0.1) is 4.90 Å². The quantitative estimate of drug-likeness (QED) is 0.706. The molecule has 0 amide bonds. The Balaban J connectivity index is 2.71. The van der Waals surface area contributed by atoms with Crippen molar-refractivity contribution in [2.75, 3.05) is 39.2 Å². The molecule has 0 aliphatic heterocycles. The zero-order valence-electron chi connectivity index (χ0n) is 12.4. The van der Waals surface area contributed by atoms with Gasteiger partial charge < -0.3 is 5.32 Å². The summed E-state index contributed by atoms with van der Waals surface area (Å²) in [4.78, 5) is 0.374. The van der Waals surface area contributed by atoms with Gasteiger partial charge in [-0.15, -0.1) is 0 Å². The van der Waals surface area contributed by atoms with E-state index < -0.39 is 10.0 Å². The molecule has 114 valence electrons. The molecular formula is C14H24N2O2S2. The number of aryl methyl sites for hydroxylation is 1. The van der Waals surface area contributed by atoms with Crippen LogP contribution in [0.1, 0.15) is 12.0 Å². The fourth-order valence-corrected chi connectivity index (χ4v) is 3.56. The van der Waals surface area contributed by atoms with Crippen LogP contribution < -0.4 is 5.32 Å². The van der Waals surface area contributed by atoms with Gasteiger partial charge in [0.25, 0.3) is 0 Å². The lowest BCUT2D eigenvalue weighted by Gasteiger charge is -2.16. The van der Waals surface area contributed by atoms with Crippen molar-refractivity contribution in [3.05, 3.63) is 29.8 Å². The van der Waals surface area contributed by atoms with Crippen molar-refractivity contribution in [3.8, 4) is 0 Å². The van der Waals surface area contributed by atoms with Crippen LogP contribution in [-0.2, 0) is 16.4 Å². The number of sulfonamides is 1. The summed E-state index contributed by atoms with van der Waals surface area (Å²) >= 11 is 1.64. The van der Waals surface area contributed by atoms with E-state index in [9.17, 15) is 8.42 Å². The first-order chi connectivity index (χ1) is 9.52. The molecule has 1 N–H and O–H groups in total. The van der Waals surface area contributed by atoms with E-state index in [1.54, 1.807) is 30.9 Å². The highest BCUT2D eigenvalue weighted by Gasteiger charge is 2.19. The van der Waals surface area contributed by atoms with E-state index in [0.717, 1.165) is 25.1 Å². The minimum Gasteiger partial charge on any atom is -0.320 e. The number of thioether (sulfide) groups is 1. The molecule has 0 aliphatic carbocycles. The largest absolute Gasteiger partial charge is 0.320 e. The fraction of sp³-hybridized carbons (Fsp3) is 0.571. The summed E-state index contributed by atoms with van der Waals surface area (Å²) in [6.45, 7) is 1.50. The lowest BCUT2D eigenvalue weighted by molar-refractivity contribution is 0.488. The van der Waals surface area contributed by atoms with E-state index in [0.29, 0.717) is 11.4 Å². The van der Waals surface area contributed by atoms with Crippen LogP contribution in [0.15, 0.2) is 29.2 Å². The van der Waals surface area contributed by atoms with Crippen molar-refractivity contribution >= 4 is 21.8 Å². The number of benzene rings is 1. The first-order valence-corrected chi connectivity index (χ1v) is 9.54. The van der Waals surface area contributed by atoms with Gasteiger partial charge in [-0.1, -0.05) is 12.1 Å². The van der Waals surface area contributed by atoms with Gasteiger partial charge in [0.2, 0.25) is 10.0 Å². The van der Waals surface area contributed by atoms with E-state index in [1.807, 2.05) is 25.4 Å². The highest BCUT2D eigenvalue weighted by Crippen LogP contribution is 2.16. The number of hydrogen-bond donors (Lipinski definition) is 1. The molecule has 0 saturated heterocycles. The SMILES string of the molecule is CNCCCc1ccc(S(=O)(=O)N(C)CCSC)cc1. The Morgan fingerprint density at radius 1 is 1.25 bits per heavy atom. The molecule has 0 bridgehead atoms. The third-order valence-corrected chi connectivity index (χ3v) is 5.60. The molecule has 0 spiro atoms. The summed E-state index contributed by atoms with van der Waals surface area (Å²) in [5.41, 5.74) is 1.17. The van der Waals surface area contributed by atoms with Crippen LogP contribution in [0.25, 0.3) is 0 Å². The molecule has 0 unspecified atom stereocenters. The molecule has 0 atom stereocenters. The zero-order valence-corrected chi connectivity index (χ0v) is 14.1. The second kappa shape index (κ2) is 8.67. The predicted octanol–water partition coefficient (Wildman–Crippen LogP) is 1.82. The van der Waals surface area contributed by atoms with Gasteiger partial charge in [0.15, 0.2) is 0 Å². The molecule has 6 heteroatoms. The summed E-state index contributed by atoms with van der Waals surface area (Å²) in [6, 6.07) is 7.23. The maximum absolute atomic E-state index is 12.3. The summed E-state index contributed by atoms with van der Waals surface area (Å²) in [6.07, 6.45) is 3.99. The topological polar surface area (TPSA) is 49.4 Å². The molecular weight excluding hydrogens is 292 g/mol. The van der Waals surface area contributed by atoms with Crippen LogP contribution in [0.2, 0.25) is 0 Å². The Labute approximate surface area is 127 Å².